The smallest absolute Gasteiger partial charge is 0.262 e. The number of amides is 2. The lowest BCUT2D eigenvalue weighted by atomic mass is 10.1. The molecule has 1 aliphatic heterocycles. The second-order valence-corrected chi connectivity index (χ2v) is 9.59. The van der Waals surface area contributed by atoms with Crippen LogP contribution >= 0.6 is 23.4 Å². The SMILES string of the molecule is CCCCN(CCCC)CCNC(=O)c1ccc2c(c1)NC(=O)C(=Cc1ccccc1Cl)S2. The van der Waals surface area contributed by atoms with Crippen LogP contribution in [0.2, 0.25) is 5.02 Å². The number of thioether (sulfide) groups is 1. The molecule has 3 rings (SSSR count). The number of carbonyl (C=O) groups is 2. The van der Waals surface area contributed by atoms with Crippen LogP contribution in [0, 0.1) is 0 Å². The van der Waals surface area contributed by atoms with Gasteiger partial charge in [0.2, 0.25) is 0 Å². The second kappa shape index (κ2) is 12.8. The molecule has 0 aliphatic carbocycles. The Morgan fingerprint density at radius 1 is 1.09 bits per heavy atom. The number of benzene rings is 2. The highest BCUT2D eigenvalue weighted by Crippen LogP contribution is 2.39. The lowest BCUT2D eigenvalue weighted by Gasteiger charge is -2.22. The molecule has 0 unspecified atom stereocenters. The van der Waals surface area contributed by atoms with Crippen LogP contribution in [-0.2, 0) is 4.79 Å². The number of rotatable bonds is 11. The molecule has 0 radical (unpaired) electrons. The van der Waals surface area contributed by atoms with Crippen molar-refractivity contribution >= 4 is 46.9 Å². The zero-order chi connectivity index (χ0) is 23.6. The number of carbonyl (C=O) groups excluding carboxylic acids is 2. The van der Waals surface area contributed by atoms with Crippen molar-refractivity contribution in [2.24, 2.45) is 0 Å². The first-order valence-corrected chi connectivity index (χ1v) is 12.8. The summed E-state index contributed by atoms with van der Waals surface area (Å²) in [6.45, 7) is 7.98. The summed E-state index contributed by atoms with van der Waals surface area (Å²) in [6, 6.07) is 12.8. The van der Waals surface area contributed by atoms with Crippen LogP contribution in [0.25, 0.3) is 6.08 Å². The van der Waals surface area contributed by atoms with Gasteiger partial charge in [0.25, 0.3) is 11.8 Å². The van der Waals surface area contributed by atoms with Gasteiger partial charge in [0.05, 0.1) is 10.6 Å². The van der Waals surface area contributed by atoms with Crippen molar-refractivity contribution in [3.05, 3.63) is 63.5 Å². The van der Waals surface area contributed by atoms with E-state index >= 15 is 0 Å². The van der Waals surface area contributed by atoms with Crippen LogP contribution in [0.5, 0.6) is 0 Å². The molecule has 0 atom stereocenters. The Hall–Kier alpha value is -2.28. The molecule has 2 aromatic rings. The lowest BCUT2D eigenvalue weighted by molar-refractivity contribution is -0.112. The largest absolute Gasteiger partial charge is 0.351 e. The van der Waals surface area contributed by atoms with Gasteiger partial charge in [-0.25, -0.2) is 0 Å². The maximum absolute atomic E-state index is 12.7. The Morgan fingerprint density at radius 2 is 1.82 bits per heavy atom. The van der Waals surface area contributed by atoms with Gasteiger partial charge in [-0.1, -0.05) is 68.3 Å². The number of nitrogens with zero attached hydrogens (tertiary/aromatic N) is 1. The van der Waals surface area contributed by atoms with E-state index in [2.05, 4.69) is 29.4 Å². The highest BCUT2D eigenvalue weighted by molar-refractivity contribution is 8.04. The van der Waals surface area contributed by atoms with E-state index in [9.17, 15) is 9.59 Å². The second-order valence-electron chi connectivity index (χ2n) is 8.10. The molecule has 2 amide bonds. The maximum Gasteiger partial charge on any atom is 0.262 e. The molecule has 1 heterocycles. The summed E-state index contributed by atoms with van der Waals surface area (Å²) in [5, 5.41) is 6.52. The minimum Gasteiger partial charge on any atom is -0.351 e. The van der Waals surface area contributed by atoms with Gasteiger partial charge in [-0.15, -0.1) is 0 Å². The fourth-order valence-electron chi connectivity index (χ4n) is 3.56. The van der Waals surface area contributed by atoms with Gasteiger partial charge in [-0.2, -0.15) is 0 Å². The first-order chi connectivity index (χ1) is 16.0. The first kappa shape index (κ1) is 25.3. The van der Waals surface area contributed by atoms with Gasteiger partial charge >= 0.3 is 0 Å². The normalized spacial score (nSPS) is 14.3. The van der Waals surface area contributed by atoms with Crippen LogP contribution in [0.4, 0.5) is 5.69 Å². The van der Waals surface area contributed by atoms with Gasteiger partial charge in [-0.05, 0) is 61.8 Å². The van der Waals surface area contributed by atoms with Gasteiger partial charge in [0.1, 0.15) is 0 Å². The summed E-state index contributed by atoms with van der Waals surface area (Å²) < 4.78 is 0. The predicted octanol–water partition coefficient (Wildman–Crippen LogP) is 6.06. The molecule has 5 nitrogen and oxygen atoms in total. The molecule has 33 heavy (non-hydrogen) atoms. The zero-order valence-electron chi connectivity index (χ0n) is 19.3. The molecule has 0 bridgehead atoms. The van der Waals surface area contributed by atoms with E-state index < -0.39 is 0 Å². The summed E-state index contributed by atoms with van der Waals surface area (Å²) in [4.78, 5) is 29.2. The van der Waals surface area contributed by atoms with Gasteiger partial charge in [-0.3, -0.25) is 9.59 Å². The molecule has 0 saturated heterocycles. The van der Waals surface area contributed by atoms with Crippen LogP contribution < -0.4 is 10.6 Å². The molecule has 176 valence electrons. The Kier molecular flexibility index (Phi) is 9.85. The summed E-state index contributed by atoms with van der Waals surface area (Å²) in [7, 11) is 0. The van der Waals surface area contributed by atoms with Gasteiger partial charge < -0.3 is 15.5 Å². The third-order valence-electron chi connectivity index (χ3n) is 5.49. The number of unbranched alkanes of at least 4 members (excludes halogenated alkanes) is 2. The van der Waals surface area contributed by atoms with E-state index in [1.807, 2.05) is 24.3 Å². The Bertz CT molecular complexity index is 1000. The van der Waals surface area contributed by atoms with E-state index in [0.29, 0.717) is 27.7 Å². The van der Waals surface area contributed by atoms with Crippen LogP contribution in [-0.4, -0.2) is 42.9 Å². The van der Waals surface area contributed by atoms with E-state index in [0.717, 1.165) is 30.1 Å². The van der Waals surface area contributed by atoms with E-state index in [-0.39, 0.29) is 11.8 Å². The Balaban J connectivity index is 1.61. The monoisotopic (exact) mass is 485 g/mol. The average Bonchev–Trinajstić information content (AvgIpc) is 2.81. The fourth-order valence-corrected chi connectivity index (χ4v) is 4.68. The zero-order valence-corrected chi connectivity index (χ0v) is 20.9. The molecule has 1 aliphatic rings. The Morgan fingerprint density at radius 3 is 2.52 bits per heavy atom. The topological polar surface area (TPSA) is 61.4 Å². The molecule has 0 aromatic heterocycles. The van der Waals surface area contributed by atoms with Crippen molar-refractivity contribution < 1.29 is 9.59 Å². The molecule has 2 aromatic carbocycles. The van der Waals surface area contributed by atoms with Crippen molar-refractivity contribution in [2.75, 3.05) is 31.5 Å². The van der Waals surface area contributed by atoms with Crippen LogP contribution in [0.1, 0.15) is 55.5 Å². The maximum atomic E-state index is 12.7. The lowest BCUT2D eigenvalue weighted by Crippen LogP contribution is -2.36. The highest BCUT2D eigenvalue weighted by Gasteiger charge is 2.22. The van der Waals surface area contributed by atoms with E-state index in [1.54, 1.807) is 24.3 Å². The summed E-state index contributed by atoms with van der Waals surface area (Å²) in [5.41, 5.74) is 1.99. The summed E-state index contributed by atoms with van der Waals surface area (Å²) in [5.74, 6) is -0.326. The summed E-state index contributed by atoms with van der Waals surface area (Å²) in [6.07, 6.45) is 6.47. The van der Waals surface area contributed by atoms with Crippen LogP contribution in [0.3, 0.4) is 0 Å². The minimum absolute atomic E-state index is 0.125. The third kappa shape index (κ3) is 7.36. The minimum atomic E-state index is -0.201. The standard InChI is InChI=1S/C26H32ClN3O2S/c1-3-5-14-30(15-6-4-2)16-13-28-25(31)20-11-12-23-22(17-20)29-26(32)24(33-23)18-19-9-7-8-10-21(19)27/h7-12,17-18H,3-6,13-16H2,1-2H3,(H,28,31)(H,29,32). The van der Waals surface area contributed by atoms with E-state index in [4.69, 9.17) is 11.6 Å². The van der Waals surface area contributed by atoms with Gasteiger partial charge in [0.15, 0.2) is 0 Å². The predicted molar refractivity (Wildman–Crippen MR) is 139 cm³/mol. The molecule has 7 heteroatoms. The summed E-state index contributed by atoms with van der Waals surface area (Å²) >= 11 is 7.60. The quantitative estimate of drug-likeness (QED) is 0.380. The number of nitrogens with one attached hydrogen (secondary N) is 2. The van der Waals surface area contributed by atoms with Crippen molar-refractivity contribution in [1.82, 2.24) is 10.2 Å². The van der Waals surface area contributed by atoms with Crippen molar-refractivity contribution in [3.63, 3.8) is 0 Å². The molecule has 0 spiro atoms. The molecule has 2 N–H and O–H groups in total. The molecule has 0 saturated carbocycles. The third-order valence-corrected chi connectivity index (χ3v) is 6.94. The Labute approximate surface area is 206 Å². The first-order valence-electron chi connectivity index (χ1n) is 11.6. The molecule has 0 fully saturated rings. The average molecular weight is 486 g/mol. The number of halogens is 1. The number of hydrogen-bond acceptors (Lipinski definition) is 4. The van der Waals surface area contributed by atoms with Crippen molar-refractivity contribution in [1.29, 1.82) is 0 Å². The molecular formula is C26H32ClN3O2S. The highest BCUT2D eigenvalue weighted by atomic mass is 35.5. The fraction of sp³-hybridized carbons (Fsp3) is 0.385. The number of hydrogen-bond donors (Lipinski definition) is 2. The number of anilines is 1. The van der Waals surface area contributed by atoms with Crippen LogP contribution in [0.15, 0.2) is 52.3 Å². The van der Waals surface area contributed by atoms with Gasteiger partial charge in [0, 0.05) is 28.6 Å². The number of fused-ring (bicyclic) bond motifs is 1. The van der Waals surface area contributed by atoms with Crippen molar-refractivity contribution in [3.8, 4) is 0 Å². The molecular weight excluding hydrogens is 454 g/mol. The van der Waals surface area contributed by atoms with Crippen molar-refractivity contribution in [2.45, 2.75) is 44.4 Å². The van der Waals surface area contributed by atoms with E-state index in [1.165, 1.54) is 37.4 Å².